The first-order valence-corrected chi connectivity index (χ1v) is 9.51. The summed E-state index contributed by atoms with van der Waals surface area (Å²) in [5, 5.41) is 3.69. The molecule has 2 aliphatic rings. The fraction of sp³-hybridized carbons (Fsp3) is 0.400. The van der Waals surface area contributed by atoms with Gasteiger partial charge >= 0.3 is 0 Å². The Morgan fingerprint density at radius 3 is 2.59 bits per heavy atom. The van der Waals surface area contributed by atoms with Gasteiger partial charge in [0, 0.05) is 18.1 Å². The Labute approximate surface area is 155 Å². The minimum Gasteiger partial charge on any atom is -0.318 e. The molecule has 138 valence electrons. The summed E-state index contributed by atoms with van der Waals surface area (Å²) < 4.78 is 1.90. The number of hydrogen-bond acceptors (Lipinski definition) is 5. The van der Waals surface area contributed by atoms with Crippen molar-refractivity contribution in [2.45, 2.75) is 50.2 Å². The van der Waals surface area contributed by atoms with Crippen LogP contribution in [0.2, 0.25) is 0 Å². The van der Waals surface area contributed by atoms with Gasteiger partial charge in [0.2, 0.25) is 0 Å². The third-order valence-electron chi connectivity index (χ3n) is 5.76. The molecule has 2 aromatic heterocycles. The summed E-state index contributed by atoms with van der Waals surface area (Å²) in [6.07, 6.45) is 8.13. The molecule has 7 heteroatoms. The third kappa shape index (κ3) is 2.88. The number of nitrogens with zero attached hydrogens (tertiary/aromatic N) is 3. The van der Waals surface area contributed by atoms with E-state index in [2.05, 4.69) is 20.3 Å². The molecule has 2 unspecified atom stereocenters. The van der Waals surface area contributed by atoms with Crippen molar-refractivity contribution in [3.05, 3.63) is 57.4 Å². The van der Waals surface area contributed by atoms with Crippen LogP contribution in [0.1, 0.15) is 38.1 Å². The average Bonchev–Trinajstić information content (AvgIpc) is 2.67. The van der Waals surface area contributed by atoms with Gasteiger partial charge < -0.3 is 14.9 Å². The molecule has 1 aromatic carbocycles. The van der Waals surface area contributed by atoms with Gasteiger partial charge in [-0.05, 0) is 37.8 Å². The van der Waals surface area contributed by atoms with Crippen molar-refractivity contribution in [1.82, 2.24) is 24.8 Å². The highest BCUT2D eigenvalue weighted by Crippen LogP contribution is 2.33. The van der Waals surface area contributed by atoms with E-state index < -0.39 is 0 Å². The lowest BCUT2D eigenvalue weighted by molar-refractivity contribution is 0.189. The summed E-state index contributed by atoms with van der Waals surface area (Å²) in [5.41, 5.74) is 1.71. The molecule has 0 saturated carbocycles. The number of aromatic amines is 1. The van der Waals surface area contributed by atoms with Gasteiger partial charge in [0.15, 0.2) is 5.69 Å². The van der Waals surface area contributed by atoms with Crippen LogP contribution in [0.5, 0.6) is 0 Å². The maximum atomic E-state index is 13.4. The highest BCUT2D eigenvalue weighted by Gasteiger charge is 2.33. The largest absolute Gasteiger partial charge is 0.318 e. The number of aromatic nitrogens is 4. The van der Waals surface area contributed by atoms with Crippen molar-refractivity contribution in [3.63, 3.8) is 0 Å². The second kappa shape index (κ2) is 6.42. The highest BCUT2D eigenvalue weighted by molar-refractivity contribution is 5.77. The summed E-state index contributed by atoms with van der Waals surface area (Å²) in [7, 11) is 0. The summed E-state index contributed by atoms with van der Waals surface area (Å²) in [4.78, 5) is 36.3. The lowest BCUT2D eigenvalue weighted by atomic mass is 9.84. The van der Waals surface area contributed by atoms with Crippen molar-refractivity contribution in [3.8, 4) is 11.4 Å². The molecule has 0 radical (unpaired) electrons. The van der Waals surface area contributed by atoms with Gasteiger partial charge in [-0.3, -0.25) is 14.6 Å². The van der Waals surface area contributed by atoms with Crippen LogP contribution in [0.4, 0.5) is 0 Å². The topological polar surface area (TPSA) is 92.7 Å². The Balaban J connectivity index is 1.72. The summed E-state index contributed by atoms with van der Waals surface area (Å²) in [5.74, 6) is 0. The van der Waals surface area contributed by atoms with E-state index in [9.17, 15) is 9.59 Å². The van der Waals surface area contributed by atoms with Crippen LogP contribution < -0.4 is 16.4 Å². The molecule has 4 heterocycles. The number of piperidine rings is 2. The Morgan fingerprint density at radius 2 is 1.81 bits per heavy atom. The molecule has 0 spiro atoms. The molecule has 2 fully saturated rings. The molecule has 5 rings (SSSR count). The quantitative estimate of drug-likeness (QED) is 0.726. The van der Waals surface area contributed by atoms with E-state index in [0.29, 0.717) is 17.8 Å². The van der Waals surface area contributed by atoms with Gasteiger partial charge in [0.05, 0.1) is 29.1 Å². The lowest BCUT2D eigenvalue weighted by Gasteiger charge is -2.41. The van der Waals surface area contributed by atoms with E-state index >= 15 is 0 Å². The molecule has 0 aliphatic carbocycles. The summed E-state index contributed by atoms with van der Waals surface area (Å²) in [6.45, 7) is 0. The van der Waals surface area contributed by atoms with E-state index in [1.807, 2.05) is 28.8 Å². The second-order valence-electron chi connectivity index (χ2n) is 7.55. The molecule has 7 nitrogen and oxygen atoms in total. The Kier molecular flexibility index (Phi) is 3.89. The highest BCUT2D eigenvalue weighted by atomic mass is 16.1. The molecular formula is C20H21N5O2. The first kappa shape index (κ1) is 16.4. The number of benzene rings is 1. The summed E-state index contributed by atoms with van der Waals surface area (Å²) in [6, 6.07) is 8.77. The number of hydrogen-bond donors (Lipinski definition) is 2. The molecule has 2 aliphatic heterocycles. The normalized spacial score (nSPS) is 24.8. The van der Waals surface area contributed by atoms with Crippen LogP contribution in [-0.4, -0.2) is 31.6 Å². The van der Waals surface area contributed by atoms with Crippen molar-refractivity contribution in [2.75, 3.05) is 0 Å². The van der Waals surface area contributed by atoms with Crippen molar-refractivity contribution < 1.29 is 0 Å². The van der Waals surface area contributed by atoms with Gasteiger partial charge in [-0.15, -0.1) is 0 Å². The van der Waals surface area contributed by atoms with Crippen LogP contribution in [0.15, 0.2) is 46.2 Å². The molecule has 27 heavy (non-hydrogen) atoms. The van der Waals surface area contributed by atoms with Crippen LogP contribution >= 0.6 is 0 Å². The van der Waals surface area contributed by atoms with Gasteiger partial charge in [0.25, 0.3) is 11.1 Å². The van der Waals surface area contributed by atoms with Crippen LogP contribution in [0.3, 0.4) is 0 Å². The average molecular weight is 363 g/mol. The lowest BCUT2D eigenvalue weighted by Crippen LogP contribution is -2.50. The Bertz CT molecular complexity index is 1110. The van der Waals surface area contributed by atoms with Gasteiger partial charge in [-0.1, -0.05) is 18.6 Å². The number of rotatable bonds is 2. The molecule has 2 saturated heterocycles. The summed E-state index contributed by atoms with van der Waals surface area (Å²) >= 11 is 0. The number of nitrogens with one attached hydrogen (secondary N) is 2. The van der Waals surface area contributed by atoms with Gasteiger partial charge in [-0.25, -0.2) is 4.98 Å². The second-order valence-corrected chi connectivity index (χ2v) is 7.55. The standard InChI is InChI=1S/C20H21N5O2/c26-18-11-21-10-16(23-18)19-20(27)25(17-7-2-1-6-15(17)24-19)14-8-12-4-3-5-13(9-14)22-12/h1-2,6-7,10-14,22H,3-5,8-9H2,(H,23,26). The predicted octanol–water partition coefficient (Wildman–Crippen LogP) is 1.99. The fourth-order valence-electron chi connectivity index (χ4n) is 4.64. The molecule has 3 aromatic rings. The Hall–Kier alpha value is -2.80. The van der Waals surface area contributed by atoms with Crippen molar-refractivity contribution in [2.24, 2.45) is 0 Å². The number of fused-ring (bicyclic) bond motifs is 3. The maximum Gasteiger partial charge on any atom is 0.279 e. The molecular weight excluding hydrogens is 342 g/mol. The number of para-hydroxylation sites is 2. The molecule has 0 amide bonds. The minimum absolute atomic E-state index is 0.129. The smallest absolute Gasteiger partial charge is 0.279 e. The van der Waals surface area contributed by atoms with Crippen LogP contribution in [-0.2, 0) is 0 Å². The maximum absolute atomic E-state index is 13.4. The van der Waals surface area contributed by atoms with E-state index in [1.54, 1.807) is 0 Å². The predicted molar refractivity (Wildman–Crippen MR) is 103 cm³/mol. The first-order valence-electron chi connectivity index (χ1n) is 9.51. The van der Waals surface area contributed by atoms with Gasteiger partial charge in [-0.2, -0.15) is 0 Å². The van der Waals surface area contributed by atoms with Crippen LogP contribution in [0, 0.1) is 0 Å². The minimum atomic E-state index is -0.343. The monoisotopic (exact) mass is 363 g/mol. The zero-order chi connectivity index (χ0) is 18.4. The van der Waals surface area contributed by atoms with Gasteiger partial charge in [0.1, 0.15) is 0 Å². The van der Waals surface area contributed by atoms with Crippen LogP contribution in [0.25, 0.3) is 22.4 Å². The third-order valence-corrected chi connectivity index (χ3v) is 5.76. The number of H-pyrrole nitrogens is 1. The zero-order valence-electron chi connectivity index (χ0n) is 14.9. The SMILES string of the molecule is O=c1cncc(-c2nc3ccccc3n(C3CC4CCCC(C3)N4)c2=O)[nH]1. The molecule has 2 N–H and O–H groups in total. The van der Waals surface area contributed by atoms with Crippen molar-refractivity contribution in [1.29, 1.82) is 0 Å². The Morgan fingerprint density at radius 1 is 1.04 bits per heavy atom. The van der Waals surface area contributed by atoms with E-state index in [1.165, 1.54) is 18.8 Å². The molecule has 2 atom stereocenters. The van der Waals surface area contributed by atoms with Crippen molar-refractivity contribution >= 4 is 11.0 Å². The molecule has 2 bridgehead atoms. The van der Waals surface area contributed by atoms with E-state index in [-0.39, 0.29) is 22.9 Å². The fourth-order valence-corrected chi connectivity index (χ4v) is 4.64. The first-order chi connectivity index (χ1) is 13.2. The van der Waals surface area contributed by atoms with E-state index in [4.69, 9.17) is 0 Å². The van der Waals surface area contributed by atoms with E-state index in [0.717, 1.165) is 36.7 Å². The zero-order valence-corrected chi connectivity index (χ0v) is 14.9.